The number of carboxylic acids is 1. The van der Waals surface area contributed by atoms with E-state index in [2.05, 4.69) is 5.32 Å². The summed E-state index contributed by atoms with van der Waals surface area (Å²) in [6.07, 6.45) is 3.18. The lowest BCUT2D eigenvalue weighted by Gasteiger charge is -2.05. The second kappa shape index (κ2) is 6.96. The highest BCUT2D eigenvalue weighted by Crippen LogP contribution is 2.17. The summed E-state index contributed by atoms with van der Waals surface area (Å²) in [6, 6.07) is 3.73. The minimum absolute atomic E-state index is 0.0426. The molecule has 0 aromatic carbocycles. The third-order valence-electron chi connectivity index (χ3n) is 2.13. The molecule has 1 aromatic heterocycles. The number of amides is 1. The molecule has 0 spiro atoms. The number of nitrogens with one attached hydrogen (secondary N) is 1. The molecule has 0 aliphatic heterocycles. The molecule has 4 nitrogen and oxygen atoms in total. The lowest BCUT2D eigenvalue weighted by Crippen LogP contribution is -2.23. The Labute approximate surface area is 110 Å². The summed E-state index contributed by atoms with van der Waals surface area (Å²) >= 11 is 1.47. The maximum atomic E-state index is 11.5. The number of aliphatic carboxylic acids is 1. The fourth-order valence-electron chi connectivity index (χ4n) is 1.36. The van der Waals surface area contributed by atoms with Gasteiger partial charge in [0.15, 0.2) is 0 Å². The van der Waals surface area contributed by atoms with E-state index in [1.807, 2.05) is 26.0 Å². The molecule has 0 radical (unpaired) electrons. The van der Waals surface area contributed by atoms with E-state index in [9.17, 15) is 9.59 Å². The molecule has 0 bridgehead atoms. The van der Waals surface area contributed by atoms with E-state index in [4.69, 9.17) is 5.11 Å². The van der Waals surface area contributed by atoms with E-state index in [1.54, 1.807) is 6.08 Å². The first-order chi connectivity index (χ1) is 8.47. The minimum Gasteiger partial charge on any atom is -0.478 e. The number of thiophene rings is 1. The summed E-state index contributed by atoms with van der Waals surface area (Å²) in [6.45, 7) is 4.50. The summed E-state index contributed by atoms with van der Waals surface area (Å²) in [5.74, 6) is -0.571. The van der Waals surface area contributed by atoms with Gasteiger partial charge in [-0.1, -0.05) is 13.8 Å². The normalized spacial score (nSPS) is 11.1. The summed E-state index contributed by atoms with van der Waals surface area (Å²) in [5, 5.41) is 11.3. The molecule has 0 saturated heterocycles. The quantitative estimate of drug-likeness (QED) is 0.778. The van der Waals surface area contributed by atoms with Crippen molar-refractivity contribution in [3.8, 4) is 0 Å². The van der Waals surface area contributed by atoms with E-state index in [-0.39, 0.29) is 5.91 Å². The van der Waals surface area contributed by atoms with Crippen molar-refractivity contribution in [1.29, 1.82) is 0 Å². The van der Waals surface area contributed by atoms with Gasteiger partial charge in [0, 0.05) is 22.3 Å². The minimum atomic E-state index is -0.963. The molecular formula is C13H17NO3S. The number of hydrogen-bond donors (Lipinski definition) is 2. The molecule has 0 aliphatic carbocycles. The third-order valence-corrected chi connectivity index (χ3v) is 3.18. The van der Waals surface area contributed by atoms with Gasteiger partial charge < -0.3 is 10.4 Å². The van der Waals surface area contributed by atoms with E-state index >= 15 is 0 Å². The van der Waals surface area contributed by atoms with Gasteiger partial charge in [0.1, 0.15) is 0 Å². The predicted molar refractivity (Wildman–Crippen MR) is 72.3 cm³/mol. The first kappa shape index (κ1) is 14.4. The van der Waals surface area contributed by atoms with Crippen LogP contribution in [0.1, 0.15) is 30.0 Å². The maximum absolute atomic E-state index is 11.5. The second-order valence-electron chi connectivity index (χ2n) is 4.35. The topological polar surface area (TPSA) is 66.4 Å². The standard InChI is InChI=1S/C13H17NO3S/c1-9(2)7-12(15)14-8-11-4-3-10(18-11)5-6-13(16)17/h3-6,9H,7-8H2,1-2H3,(H,14,15)(H,16,17). The highest BCUT2D eigenvalue weighted by Gasteiger charge is 2.05. The molecule has 1 rings (SSSR count). The van der Waals surface area contributed by atoms with Crippen molar-refractivity contribution in [3.05, 3.63) is 28.0 Å². The molecule has 2 N–H and O–H groups in total. The van der Waals surface area contributed by atoms with Crippen molar-refractivity contribution in [2.24, 2.45) is 5.92 Å². The van der Waals surface area contributed by atoms with Crippen LogP contribution in [0.5, 0.6) is 0 Å². The molecule has 18 heavy (non-hydrogen) atoms. The Kier molecular flexibility index (Phi) is 5.58. The number of carbonyl (C=O) groups excluding carboxylic acids is 1. The van der Waals surface area contributed by atoms with Gasteiger partial charge in [0.25, 0.3) is 0 Å². The van der Waals surface area contributed by atoms with Crippen LogP contribution in [0, 0.1) is 5.92 Å². The first-order valence-electron chi connectivity index (χ1n) is 5.74. The van der Waals surface area contributed by atoms with Crippen LogP contribution < -0.4 is 5.32 Å². The van der Waals surface area contributed by atoms with Gasteiger partial charge in [-0.25, -0.2) is 4.79 Å². The van der Waals surface area contributed by atoms with Crippen molar-refractivity contribution < 1.29 is 14.7 Å². The number of hydrogen-bond acceptors (Lipinski definition) is 3. The smallest absolute Gasteiger partial charge is 0.328 e. The molecule has 5 heteroatoms. The second-order valence-corrected chi connectivity index (χ2v) is 5.55. The Morgan fingerprint density at radius 1 is 1.44 bits per heavy atom. The van der Waals surface area contributed by atoms with Crippen molar-refractivity contribution in [1.82, 2.24) is 5.32 Å². The van der Waals surface area contributed by atoms with Crippen molar-refractivity contribution in [3.63, 3.8) is 0 Å². The predicted octanol–water partition coefficient (Wildman–Crippen LogP) is 2.51. The first-order valence-corrected chi connectivity index (χ1v) is 6.55. The molecule has 0 atom stereocenters. The zero-order valence-electron chi connectivity index (χ0n) is 10.5. The van der Waals surface area contributed by atoms with Gasteiger partial charge in [0.05, 0.1) is 6.54 Å². The molecule has 1 amide bonds. The lowest BCUT2D eigenvalue weighted by molar-refractivity contribution is -0.131. The summed E-state index contributed by atoms with van der Waals surface area (Å²) in [7, 11) is 0. The number of rotatable bonds is 6. The molecule has 1 aromatic rings. The van der Waals surface area contributed by atoms with Gasteiger partial charge in [-0.2, -0.15) is 0 Å². The third kappa shape index (κ3) is 5.63. The van der Waals surface area contributed by atoms with Crippen LogP contribution in [0.2, 0.25) is 0 Å². The van der Waals surface area contributed by atoms with Crippen LogP contribution in [0.25, 0.3) is 6.08 Å². The Balaban J connectivity index is 2.44. The summed E-state index contributed by atoms with van der Waals surface area (Å²) < 4.78 is 0. The molecule has 0 saturated carbocycles. The molecular weight excluding hydrogens is 250 g/mol. The van der Waals surface area contributed by atoms with Crippen molar-refractivity contribution >= 4 is 29.3 Å². The molecule has 98 valence electrons. The largest absolute Gasteiger partial charge is 0.478 e. The van der Waals surface area contributed by atoms with Crippen LogP contribution in [0.15, 0.2) is 18.2 Å². The SMILES string of the molecule is CC(C)CC(=O)NCc1ccc(C=CC(=O)O)s1. The number of carbonyl (C=O) groups is 2. The average Bonchev–Trinajstić information content (AvgIpc) is 2.70. The highest BCUT2D eigenvalue weighted by molar-refractivity contribution is 7.12. The summed E-state index contributed by atoms with van der Waals surface area (Å²) in [5.41, 5.74) is 0. The van der Waals surface area contributed by atoms with Crippen LogP contribution in [-0.4, -0.2) is 17.0 Å². The Bertz CT molecular complexity index is 449. The van der Waals surface area contributed by atoms with E-state index < -0.39 is 5.97 Å². The highest BCUT2D eigenvalue weighted by atomic mass is 32.1. The van der Waals surface area contributed by atoms with E-state index in [1.165, 1.54) is 11.3 Å². The van der Waals surface area contributed by atoms with Gasteiger partial charge in [-0.15, -0.1) is 11.3 Å². The van der Waals surface area contributed by atoms with Crippen molar-refractivity contribution in [2.75, 3.05) is 0 Å². The fraction of sp³-hybridized carbons (Fsp3) is 0.385. The van der Waals surface area contributed by atoms with Crippen LogP contribution >= 0.6 is 11.3 Å². The Morgan fingerprint density at radius 3 is 2.78 bits per heavy atom. The average molecular weight is 267 g/mol. The lowest BCUT2D eigenvalue weighted by atomic mass is 10.1. The fourth-order valence-corrected chi connectivity index (χ4v) is 2.22. The van der Waals surface area contributed by atoms with Gasteiger partial charge in [-0.05, 0) is 24.1 Å². The number of carboxylic acid groups (broad SMARTS) is 1. The van der Waals surface area contributed by atoms with Gasteiger partial charge >= 0.3 is 5.97 Å². The zero-order chi connectivity index (χ0) is 13.5. The Hall–Kier alpha value is -1.62. The molecule has 1 heterocycles. The zero-order valence-corrected chi connectivity index (χ0v) is 11.3. The van der Waals surface area contributed by atoms with Crippen molar-refractivity contribution in [2.45, 2.75) is 26.8 Å². The maximum Gasteiger partial charge on any atom is 0.328 e. The molecule has 0 aliphatic rings. The summed E-state index contributed by atoms with van der Waals surface area (Å²) in [4.78, 5) is 23.7. The van der Waals surface area contributed by atoms with E-state index in [0.717, 1.165) is 15.8 Å². The molecule has 0 fully saturated rings. The molecule has 0 unspecified atom stereocenters. The van der Waals surface area contributed by atoms with Crippen LogP contribution in [0.3, 0.4) is 0 Å². The van der Waals surface area contributed by atoms with Gasteiger partial charge in [0.2, 0.25) is 5.91 Å². The van der Waals surface area contributed by atoms with E-state index in [0.29, 0.717) is 18.9 Å². The van der Waals surface area contributed by atoms with Gasteiger partial charge in [-0.3, -0.25) is 4.79 Å². The van der Waals surface area contributed by atoms with Crippen LogP contribution in [-0.2, 0) is 16.1 Å². The Morgan fingerprint density at radius 2 is 2.17 bits per heavy atom. The monoisotopic (exact) mass is 267 g/mol. The van der Waals surface area contributed by atoms with Crippen LogP contribution in [0.4, 0.5) is 0 Å².